The molecule has 0 aliphatic rings. The molecule has 6 nitrogen and oxygen atoms in total. The molecule has 0 fully saturated rings. The average Bonchev–Trinajstić information content (AvgIpc) is 2.31. The second-order valence-electron chi connectivity index (χ2n) is 4.29. The highest BCUT2D eigenvalue weighted by Gasteiger charge is 2.13. The van der Waals surface area contributed by atoms with Gasteiger partial charge in [0.1, 0.15) is 0 Å². The highest BCUT2D eigenvalue weighted by atomic mass is 16.5. The number of carbonyl (C=O) groups excluding carboxylic acids is 1. The minimum absolute atomic E-state index is 0.0320. The van der Waals surface area contributed by atoms with Crippen molar-refractivity contribution in [1.29, 1.82) is 0 Å². The van der Waals surface area contributed by atoms with Crippen molar-refractivity contribution in [2.75, 3.05) is 19.8 Å². The fourth-order valence-electron chi connectivity index (χ4n) is 1.46. The molecule has 3 N–H and O–H groups in total. The normalized spacial score (nSPS) is 13.7. The Morgan fingerprint density at radius 2 is 2.00 bits per heavy atom. The third-order valence-corrected chi connectivity index (χ3v) is 2.54. The summed E-state index contributed by atoms with van der Waals surface area (Å²) in [6.45, 7) is 7.11. The summed E-state index contributed by atoms with van der Waals surface area (Å²) in [7, 11) is 0. The summed E-state index contributed by atoms with van der Waals surface area (Å²) < 4.78 is 5.18. The molecular weight excluding hydrogens is 236 g/mol. The number of nitrogens with one attached hydrogen (secondary N) is 2. The van der Waals surface area contributed by atoms with Gasteiger partial charge in [0.15, 0.2) is 0 Å². The lowest BCUT2D eigenvalue weighted by atomic mass is 10.0. The quantitative estimate of drug-likeness (QED) is 0.581. The Bertz CT molecular complexity index is 258. The maximum Gasteiger partial charge on any atom is 0.315 e. The van der Waals surface area contributed by atoms with Crippen molar-refractivity contribution in [1.82, 2.24) is 10.6 Å². The Balaban J connectivity index is 3.83. The molecule has 2 unspecified atom stereocenters. The van der Waals surface area contributed by atoms with Crippen LogP contribution < -0.4 is 10.6 Å². The van der Waals surface area contributed by atoms with Crippen LogP contribution in [0.4, 0.5) is 4.79 Å². The monoisotopic (exact) mass is 260 g/mol. The molecule has 0 bridgehead atoms. The largest absolute Gasteiger partial charge is 0.481 e. The van der Waals surface area contributed by atoms with Crippen molar-refractivity contribution >= 4 is 12.0 Å². The molecule has 0 saturated carbocycles. The molecule has 2 atom stereocenters. The molecule has 106 valence electrons. The van der Waals surface area contributed by atoms with Crippen LogP contribution in [0.25, 0.3) is 0 Å². The summed E-state index contributed by atoms with van der Waals surface area (Å²) in [4.78, 5) is 22.1. The number of ether oxygens (including phenoxy) is 1. The second kappa shape index (κ2) is 9.70. The summed E-state index contributed by atoms with van der Waals surface area (Å²) in [5, 5.41) is 14.1. The fraction of sp³-hybridized carbons (Fsp3) is 0.833. The zero-order valence-electron chi connectivity index (χ0n) is 11.4. The van der Waals surface area contributed by atoms with Crippen molar-refractivity contribution in [3.63, 3.8) is 0 Å². The van der Waals surface area contributed by atoms with Crippen LogP contribution in [0.1, 0.15) is 33.6 Å². The Labute approximate surface area is 108 Å². The molecule has 0 aromatic heterocycles. The molecule has 0 aliphatic carbocycles. The van der Waals surface area contributed by atoms with E-state index >= 15 is 0 Å². The van der Waals surface area contributed by atoms with Crippen LogP contribution in [0.3, 0.4) is 0 Å². The first kappa shape index (κ1) is 16.7. The van der Waals surface area contributed by atoms with Gasteiger partial charge in [-0.3, -0.25) is 4.79 Å². The van der Waals surface area contributed by atoms with E-state index in [1.807, 2.05) is 20.8 Å². The van der Waals surface area contributed by atoms with Gasteiger partial charge in [-0.2, -0.15) is 0 Å². The van der Waals surface area contributed by atoms with Crippen molar-refractivity contribution in [3.05, 3.63) is 0 Å². The maximum absolute atomic E-state index is 11.5. The number of hydrogen-bond acceptors (Lipinski definition) is 3. The smallest absolute Gasteiger partial charge is 0.315 e. The van der Waals surface area contributed by atoms with Gasteiger partial charge in [0.2, 0.25) is 0 Å². The van der Waals surface area contributed by atoms with Gasteiger partial charge in [0.25, 0.3) is 0 Å². The topological polar surface area (TPSA) is 87.7 Å². The highest BCUT2D eigenvalue weighted by molar-refractivity contribution is 5.74. The van der Waals surface area contributed by atoms with Crippen LogP contribution in [0, 0.1) is 5.92 Å². The minimum atomic E-state index is -0.839. The predicted molar refractivity (Wildman–Crippen MR) is 68.5 cm³/mol. The molecule has 2 amide bonds. The van der Waals surface area contributed by atoms with Crippen LogP contribution in [0.5, 0.6) is 0 Å². The van der Waals surface area contributed by atoms with Gasteiger partial charge >= 0.3 is 12.0 Å². The molecule has 0 radical (unpaired) electrons. The van der Waals surface area contributed by atoms with E-state index in [1.165, 1.54) is 0 Å². The lowest BCUT2D eigenvalue weighted by Gasteiger charge is -2.17. The maximum atomic E-state index is 11.5. The van der Waals surface area contributed by atoms with Crippen molar-refractivity contribution in [2.24, 2.45) is 5.92 Å². The van der Waals surface area contributed by atoms with E-state index in [1.54, 1.807) is 0 Å². The number of amides is 2. The first-order valence-corrected chi connectivity index (χ1v) is 6.33. The van der Waals surface area contributed by atoms with E-state index in [4.69, 9.17) is 9.84 Å². The average molecular weight is 260 g/mol. The van der Waals surface area contributed by atoms with E-state index in [9.17, 15) is 9.59 Å². The standard InChI is InChI=1S/C12H24N2O4/c1-4-10(6-11(15)16)7-13-12(17)14-9(3)8-18-5-2/h9-10H,4-8H2,1-3H3,(H,15,16)(H2,13,14,17). The van der Waals surface area contributed by atoms with Gasteiger partial charge in [0.05, 0.1) is 12.6 Å². The lowest BCUT2D eigenvalue weighted by molar-refractivity contribution is -0.138. The highest BCUT2D eigenvalue weighted by Crippen LogP contribution is 2.06. The molecule has 0 rings (SSSR count). The zero-order valence-corrected chi connectivity index (χ0v) is 11.4. The van der Waals surface area contributed by atoms with E-state index in [2.05, 4.69) is 10.6 Å². The number of hydrogen-bond donors (Lipinski definition) is 3. The Kier molecular flexibility index (Phi) is 9.00. The van der Waals surface area contributed by atoms with Gasteiger partial charge in [0, 0.05) is 19.6 Å². The van der Waals surface area contributed by atoms with E-state index in [0.717, 1.165) is 6.42 Å². The molecular formula is C12H24N2O4. The van der Waals surface area contributed by atoms with Gasteiger partial charge in [-0.05, 0) is 19.8 Å². The van der Waals surface area contributed by atoms with Gasteiger partial charge < -0.3 is 20.5 Å². The molecule has 18 heavy (non-hydrogen) atoms. The molecule has 0 aromatic carbocycles. The van der Waals surface area contributed by atoms with Crippen molar-refractivity contribution in [2.45, 2.75) is 39.7 Å². The Hall–Kier alpha value is -1.30. The number of carboxylic acids is 1. The first-order chi connectivity index (χ1) is 8.49. The van der Waals surface area contributed by atoms with E-state index in [0.29, 0.717) is 19.8 Å². The third-order valence-electron chi connectivity index (χ3n) is 2.54. The fourth-order valence-corrected chi connectivity index (χ4v) is 1.46. The van der Waals surface area contributed by atoms with Gasteiger partial charge in [-0.15, -0.1) is 0 Å². The first-order valence-electron chi connectivity index (χ1n) is 6.33. The summed E-state index contributed by atoms with van der Waals surface area (Å²) >= 11 is 0. The molecule has 0 saturated heterocycles. The number of rotatable bonds is 9. The lowest BCUT2D eigenvalue weighted by Crippen LogP contribution is -2.44. The SMILES string of the molecule is CCOCC(C)NC(=O)NCC(CC)CC(=O)O. The van der Waals surface area contributed by atoms with Crippen LogP contribution in [-0.2, 0) is 9.53 Å². The van der Waals surface area contributed by atoms with Crippen LogP contribution >= 0.6 is 0 Å². The zero-order chi connectivity index (χ0) is 14.0. The van der Waals surface area contributed by atoms with Crippen LogP contribution in [0.2, 0.25) is 0 Å². The molecule has 0 aliphatic heterocycles. The Morgan fingerprint density at radius 3 is 2.50 bits per heavy atom. The summed E-state index contributed by atoms with van der Waals surface area (Å²) in [5.74, 6) is -0.871. The molecule has 0 aromatic rings. The van der Waals surface area contributed by atoms with E-state index in [-0.39, 0.29) is 24.4 Å². The number of carbonyl (C=O) groups is 2. The second-order valence-corrected chi connectivity index (χ2v) is 4.29. The minimum Gasteiger partial charge on any atom is -0.481 e. The summed E-state index contributed by atoms with van der Waals surface area (Å²) in [5.41, 5.74) is 0. The Morgan fingerprint density at radius 1 is 1.33 bits per heavy atom. The third kappa shape index (κ3) is 8.81. The van der Waals surface area contributed by atoms with Gasteiger partial charge in [-0.1, -0.05) is 13.3 Å². The number of urea groups is 1. The summed E-state index contributed by atoms with van der Waals surface area (Å²) in [6, 6.07) is -0.351. The molecule has 0 spiro atoms. The van der Waals surface area contributed by atoms with E-state index < -0.39 is 5.97 Å². The number of carboxylic acid groups (broad SMARTS) is 1. The number of aliphatic carboxylic acids is 1. The van der Waals surface area contributed by atoms with Crippen LogP contribution in [0.15, 0.2) is 0 Å². The predicted octanol–water partition coefficient (Wildman–Crippen LogP) is 1.21. The van der Waals surface area contributed by atoms with Crippen molar-refractivity contribution < 1.29 is 19.4 Å². The molecule has 0 heterocycles. The van der Waals surface area contributed by atoms with Gasteiger partial charge in [-0.25, -0.2) is 4.79 Å². The van der Waals surface area contributed by atoms with Crippen LogP contribution in [-0.4, -0.2) is 42.9 Å². The van der Waals surface area contributed by atoms with Crippen molar-refractivity contribution in [3.8, 4) is 0 Å². The summed E-state index contributed by atoms with van der Waals surface area (Å²) in [6.07, 6.45) is 0.798. The molecule has 6 heteroatoms.